The average Bonchev–Trinajstić information content (AvgIpc) is 3.19. The van der Waals surface area contributed by atoms with Crippen molar-refractivity contribution >= 4 is 21.6 Å². The number of fused-ring (bicyclic) bond motifs is 1. The van der Waals surface area contributed by atoms with Crippen molar-refractivity contribution in [2.75, 3.05) is 25.1 Å². The number of methoxy groups -OCH3 is 2. The predicted molar refractivity (Wildman–Crippen MR) is 136 cm³/mol. The van der Waals surface area contributed by atoms with Crippen LogP contribution in [0.15, 0.2) is 65.6 Å². The first-order valence-corrected chi connectivity index (χ1v) is 12.9. The van der Waals surface area contributed by atoms with E-state index in [1.165, 1.54) is 4.31 Å². The number of carbonyl (C=O) groups is 1. The van der Waals surface area contributed by atoms with Gasteiger partial charge < -0.3 is 14.8 Å². The molecule has 0 bridgehead atoms. The number of sulfonamides is 1. The molecule has 0 spiro atoms. The zero-order chi connectivity index (χ0) is 25.2. The van der Waals surface area contributed by atoms with Gasteiger partial charge in [0, 0.05) is 18.2 Å². The molecule has 184 valence electrons. The van der Waals surface area contributed by atoms with Crippen LogP contribution < -0.4 is 19.1 Å². The molecule has 1 N–H and O–H groups in total. The van der Waals surface area contributed by atoms with Crippen molar-refractivity contribution in [1.29, 1.82) is 0 Å². The van der Waals surface area contributed by atoms with Crippen LogP contribution >= 0.6 is 0 Å². The van der Waals surface area contributed by atoms with E-state index < -0.39 is 10.0 Å². The molecule has 0 fully saturated rings. The maximum absolute atomic E-state index is 13.3. The number of ether oxygens (including phenoxy) is 2. The molecule has 8 heteroatoms. The maximum atomic E-state index is 13.3. The third-order valence-corrected chi connectivity index (χ3v) is 8.16. The summed E-state index contributed by atoms with van der Waals surface area (Å²) in [7, 11) is -0.515. The van der Waals surface area contributed by atoms with E-state index in [0.29, 0.717) is 42.1 Å². The van der Waals surface area contributed by atoms with Gasteiger partial charge in [-0.1, -0.05) is 23.8 Å². The molecule has 1 heterocycles. The van der Waals surface area contributed by atoms with Gasteiger partial charge in [-0.05, 0) is 80.3 Å². The van der Waals surface area contributed by atoms with E-state index in [9.17, 15) is 13.2 Å². The number of rotatable bonds is 8. The van der Waals surface area contributed by atoms with Crippen LogP contribution in [0.3, 0.4) is 0 Å². The van der Waals surface area contributed by atoms with Gasteiger partial charge in [0.1, 0.15) is 0 Å². The zero-order valence-electron chi connectivity index (χ0n) is 20.4. The molecule has 35 heavy (non-hydrogen) atoms. The Kier molecular flexibility index (Phi) is 7.03. The molecule has 0 unspecified atom stereocenters. The number of anilines is 1. The lowest BCUT2D eigenvalue weighted by Crippen LogP contribution is -2.35. The van der Waals surface area contributed by atoms with E-state index in [1.807, 2.05) is 32.0 Å². The monoisotopic (exact) mass is 494 g/mol. The highest BCUT2D eigenvalue weighted by Gasteiger charge is 2.36. The molecule has 0 aromatic heterocycles. The highest BCUT2D eigenvalue weighted by molar-refractivity contribution is 7.92. The molecule has 0 saturated carbocycles. The summed E-state index contributed by atoms with van der Waals surface area (Å²) in [6.07, 6.45) is 1.18. The SMILES string of the molecule is COc1ccc(CCNC(=O)c2ccc3c(c2)C[C@@H](C)N3S(=O)(=O)c2ccc(C)cc2)cc1OC. The molecule has 4 rings (SSSR count). The third kappa shape index (κ3) is 4.98. The second kappa shape index (κ2) is 10.00. The van der Waals surface area contributed by atoms with Crippen LogP contribution in [0.4, 0.5) is 5.69 Å². The number of benzene rings is 3. The van der Waals surface area contributed by atoms with E-state index in [0.717, 1.165) is 16.7 Å². The molecule has 3 aromatic rings. The van der Waals surface area contributed by atoms with E-state index >= 15 is 0 Å². The first kappa shape index (κ1) is 24.6. The quantitative estimate of drug-likeness (QED) is 0.509. The van der Waals surface area contributed by atoms with Crippen LogP contribution in [0.25, 0.3) is 0 Å². The van der Waals surface area contributed by atoms with Crippen molar-refractivity contribution in [3.8, 4) is 11.5 Å². The number of aryl methyl sites for hydroxylation is 1. The zero-order valence-corrected chi connectivity index (χ0v) is 21.2. The van der Waals surface area contributed by atoms with Crippen molar-refractivity contribution in [3.05, 3.63) is 82.9 Å². The molecule has 0 radical (unpaired) electrons. The van der Waals surface area contributed by atoms with Gasteiger partial charge in [0.15, 0.2) is 11.5 Å². The Labute approximate surface area is 206 Å². The van der Waals surface area contributed by atoms with Crippen molar-refractivity contribution in [2.45, 2.75) is 37.6 Å². The van der Waals surface area contributed by atoms with E-state index in [4.69, 9.17) is 9.47 Å². The summed E-state index contributed by atoms with van der Waals surface area (Å²) in [6, 6.07) is 17.5. The molecule has 1 atom stereocenters. The molecule has 1 aliphatic rings. The van der Waals surface area contributed by atoms with Crippen molar-refractivity contribution < 1.29 is 22.7 Å². The van der Waals surface area contributed by atoms with Crippen molar-refractivity contribution in [1.82, 2.24) is 5.32 Å². The normalized spacial score (nSPS) is 15.0. The van der Waals surface area contributed by atoms with Crippen LogP contribution in [-0.4, -0.2) is 41.1 Å². The fraction of sp³-hybridized carbons (Fsp3) is 0.296. The van der Waals surface area contributed by atoms with Gasteiger partial charge in [0.2, 0.25) is 0 Å². The third-order valence-electron chi connectivity index (χ3n) is 6.22. The highest BCUT2D eigenvalue weighted by Crippen LogP contribution is 2.37. The standard InChI is InChI=1S/C27H30N2O5S/c1-18-5-9-23(10-6-18)35(31,32)29-19(2)15-22-17-21(8-11-24(22)29)27(30)28-14-13-20-7-12-25(33-3)26(16-20)34-4/h5-12,16-17,19H,13-15H2,1-4H3,(H,28,30)/t19-/m1/s1. The lowest BCUT2D eigenvalue weighted by molar-refractivity contribution is 0.0954. The first-order chi connectivity index (χ1) is 16.7. The molecule has 0 aliphatic carbocycles. The minimum Gasteiger partial charge on any atom is -0.493 e. The summed E-state index contributed by atoms with van der Waals surface area (Å²) in [6.45, 7) is 4.26. The van der Waals surface area contributed by atoms with Gasteiger partial charge in [-0.2, -0.15) is 0 Å². The van der Waals surface area contributed by atoms with Gasteiger partial charge in [-0.3, -0.25) is 9.10 Å². The average molecular weight is 495 g/mol. The molecule has 1 aliphatic heterocycles. The largest absolute Gasteiger partial charge is 0.493 e. The predicted octanol–water partition coefficient (Wildman–Crippen LogP) is 4.12. The summed E-state index contributed by atoms with van der Waals surface area (Å²) >= 11 is 0. The van der Waals surface area contributed by atoms with E-state index in [1.54, 1.807) is 56.7 Å². The molecule has 1 amide bonds. The number of nitrogens with zero attached hydrogens (tertiary/aromatic N) is 1. The minimum atomic E-state index is -3.69. The Hall–Kier alpha value is -3.52. The summed E-state index contributed by atoms with van der Waals surface area (Å²) in [5, 5.41) is 2.95. The second-order valence-corrected chi connectivity index (χ2v) is 10.5. The lowest BCUT2D eigenvalue weighted by atomic mass is 10.1. The van der Waals surface area contributed by atoms with Crippen molar-refractivity contribution in [3.63, 3.8) is 0 Å². The van der Waals surface area contributed by atoms with Gasteiger partial charge in [0.05, 0.1) is 24.8 Å². The Morgan fingerprint density at radius 2 is 1.71 bits per heavy atom. The molecule has 3 aromatic carbocycles. The fourth-order valence-electron chi connectivity index (χ4n) is 4.39. The molecule has 0 saturated heterocycles. The number of amides is 1. The van der Waals surface area contributed by atoms with E-state index in [-0.39, 0.29) is 16.8 Å². The lowest BCUT2D eigenvalue weighted by Gasteiger charge is -2.24. The number of carbonyl (C=O) groups excluding carboxylic acids is 1. The summed E-state index contributed by atoms with van der Waals surface area (Å²) in [5.74, 6) is 1.11. The summed E-state index contributed by atoms with van der Waals surface area (Å²) in [4.78, 5) is 13.0. The van der Waals surface area contributed by atoms with Gasteiger partial charge in [-0.15, -0.1) is 0 Å². The number of nitrogens with one attached hydrogen (secondary N) is 1. The second-order valence-electron chi connectivity index (χ2n) is 8.71. The Morgan fingerprint density at radius 1 is 1.00 bits per heavy atom. The molecular weight excluding hydrogens is 464 g/mol. The maximum Gasteiger partial charge on any atom is 0.264 e. The fourth-order valence-corrected chi connectivity index (χ4v) is 6.09. The van der Waals surface area contributed by atoms with Crippen molar-refractivity contribution in [2.24, 2.45) is 0 Å². The Morgan fingerprint density at radius 3 is 2.40 bits per heavy atom. The summed E-state index contributed by atoms with van der Waals surface area (Å²) in [5.41, 5.74) is 4.00. The molecular formula is C27H30N2O5S. The van der Waals surface area contributed by atoms with Crippen LogP contribution in [0.2, 0.25) is 0 Å². The van der Waals surface area contributed by atoms with Crippen LogP contribution in [0, 0.1) is 6.92 Å². The van der Waals surface area contributed by atoms with Gasteiger partial charge in [-0.25, -0.2) is 8.42 Å². The smallest absolute Gasteiger partial charge is 0.264 e. The number of hydrogen-bond acceptors (Lipinski definition) is 5. The van der Waals surface area contributed by atoms with Crippen LogP contribution in [0.5, 0.6) is 11.5 Å². The Bertz CT molecular complexity index is 1340. The Balaban J connectivity index is 1.46. The van der Waals surface area contributed by atoms with Gasteiger partial charge >= 0.3 is 0 Å². The minimum absolute atomic E-state index is 0.194. The summed E-state index contributed by atoms with van der Waals surface area (Å²) < 4.78 is 38.7. The number of hydrogen-bond donors (Lipinski definition) is 1. The van der Waals surface area contributed by atoms with Crippen LogP contribution in [0.1, 0.15) is 34.0 Å². The highest BCUT2D eigenvalue weighted by atomic mass is 32.2. The van der Waals surface area contributed by atoms with E-state index in [2.05, 4.69) is 5.32 Å². The topological polar surface area (TPSA) is 84.9 Å². The first-order valence-electron chi connectivity index (χ1n) is 11.5. The van der Waals surface area contributed by atoms with Gasteiger partial charge in [0.25, 0.3) is 15.9 Å². The molecule has 7 nitrogen and oxygen atoms in total. The van der Waals surface area contributed by atoms with Crippen LogP contribution in [-0.2, 0) is 22.9 Å².